The summed E-state index contributed by atoms with van der Waals surface area (Å²) in [6, 6.07) is 0. The zero-order valence-electron chi connectivity index (χ0n) is 4.90. The molecule has 0 radical (unpaired) electrons. The van der Waals surface area contributed by atoms with Gasteiger partial charge in [-0.2, -0.15) is 0 Å². The van der Waals surface area contributed by atoms with E-state index in [4.69, 9.17) is 10.2 Å². The van der Waals surface area contributed by atoms with E-state index in [-0.39, 0.29) is 17.1 Å². The molecule has 0 aromatic heterocycles. The van der Waals surface area contributed by atoms with Crippen LogP contribution in [0.4, 0.5) is 0 Å². The Balaban J connectivity index is 0. The molecular formula is C4H11FeNO2. The van der Waals surface area contributed by atoms with E-state index in [9.17, 15) is 0 Å². The van der Waals surface area contributed by atoms with Crippen LogP contribution < -0.4 is 5.32 Å². The Labute approximate surface area is 59.6 Å². The molecule has 3 nitrogen and oxygen atoms in total. The van der Waals surface area contributed by atoms with Crippen LogP contribution >= 0.6 is 0 Å². The van der Waals surface area contributed by atoms with Gasteiger partial charge in [0.1, 0.15) is 12.5 Å². The predicted molar refractivity (Wildman–Crippen MR) is 26.5 cm³/mol. The number of hydrogen-bond acceptors (Lipinski definition) is 3. The number of rotatable bonds is 2. The zero-order valence-corrected chi connectivity index (χ0v) is 6.01. The van der Waals surface area contributed by atoms with Gasteiger partial charge in [-0.05, 0) is 13.8 Å². The van der Waals surface area contributed by atoms with Crippen molar-refractivity contribution in [3.8, 4) is 0 Å². The summed E-state index contributed by atoms with van der Waals surface area (Å²) >= 11 is 0. The van der Waals surface area contributed by atoms with Crippen molar-refractivity contribution in [1.29, 1.82) is 0 Å². The van der Waals surface area contributed by atoms with Crippen molar-refractivity contribution in [2.24, 2.45) is 0 Å². The Kier molecular flexibility index (Phi) is 7.77. The molecule has 0 aliphatic heterocycles. The summed E-state index contributed by atoms with van der Waals surface area (Å²) in [4.78, 5) is 0. The molecule has 0 saturated carbocycles. The molecule has 0 amide bonds. The molecule has 0 heterocycles. The van der Waals surface area contributed by atoms with Gasteiger partial charge in [0, 0.05) is 17.1 Å². The molecule has 0 rings (SSSR count). The third-order valence-corrected chi connectivity index (χ3v) is 0.482. The maximum absolute atomic E-state index is 8.45. The van der Waals surface area contributed by atoms with Crippen LogP contribution in [0.15, 0.2) is 0 Å². The summed E-state index contributed by atoms with van der Waals surface area (Å²) in [5, 5.41) is 19.3. The fourth-order valence-corrected chi connectivity index (χ4v) is 0.349. The van der Waals surface area contributed by atoms with Crippen LogP contribution in [0.1, 0.15) is 13.8 Å². The number of aliphatic hydroxyl groups is 2. The average molecular weight is 161 g/mol. The monoisotopic (exact) mass is 161 g/mol. The van der Waals surface area contributed by atoms with E-state index in [0.717, 1.165) is 0 Å². The molecular weight excluding hydrogens is 150 g/mol. The summed E-state index contributed by atoms with van der Waals surface area (Å²) in [6.45, 7) is 3.10. The van der Waals surface area contributed by atoms with Crippen LogP contribution in [0.2, 0.25) is 0 Å². The summed E-state index contributed by atoms with van der Waals surface area (Å²) in [5.74, 6) is 0. The molecule has 0 aliphatic carbocycles. The molecule has 8 heavy (non-hydrogen) atoms. The van der Waals surface area contributed by atoms with Gasteiger partial charge in [-0.15, -0.1) is 0 Å². The van der Waals surface area contributed by atoms with Crippen molar-refractivity contribution in [2.45, 2.75) is 26.3 Å². The van der Waals surface area contributed by atoms with Crippen LogP contribution in [-0.4, -0.2) is 22.7 Å². The van der Waals surface area contributed by atoms with E-state index >= 15 is 0 Å². The molecule has 52 valence electrons. The Bertz CT molecular complexity index is 43.3. The molecule has 4 heteroatoms. The first-order chi connectivity index (χ1) is 3.13. The molecule has 0 aromatic carbocycles. The third kappa shape index (κ3) is 9.64. The minimum Gasteiger partial charge on any atom is -0.379 e. The minimum atomic E-state index is -0.625. The number of hydrogen-bond donors (Lipinski definition) is 3. The largest absolute Gasteiger partial charge is 0.379 e. The Morgan fingerprint density at radius 3 is 1.38 bits per heavy atom. The van der Waals surface area contributed by atoms with Crippen LogP contribution in [0.3, 0.4) is 0 Å². The van der Waals surface area contributed by atoms with Crippen molar-refractivity contribution in [2.75, 3.05) is 0 Å². The summed E-state index contributed by atoms with van der Waals surface area (Å²) in [6.07, 6.45) is -1.25. The first-order valence-electron chi connectivity index (χ1n) is 2.25. The standard InChI is InChI=1S/C4H11NO2.Fe/c1-3(6)5-4(2)7;/h3-7H,1-2H3;. The van der Waals surface area contributed by atoms with E-state index in [1.807, 2.05) is 0 Å². The van der Waals surface area contributed by atoms with Gasteiger partial charge >= 0.3 is 0 Å². The molecule has 0 bridgehead atoms. The van der Waals surface area contributed by atoms with Gasteiger partial charge in [0.15, 0.2) is 0 Å². The van der Waals surface area contributed by atoms with Crippen molar-refractivity contribution in [3.63, 3.8) is 0 Å². The fraction of sp³-hybridized carbons (Fsp3) is 1.00. The van der Waals surface area contributed by atoms with Gasteiger partial charge in [-0.1, -0.05) is 0 Å². The maximum atomic E-state index is 8.45. The van der Waals surface area contributed by atoms with Crippen LogP contribution in [0, 0.1) is 0 Å². The van der Waals surface area contributed by atoms with Gasteiger partial charge in [0.25, 0.3) is 0 Å². The second-order valence-electron chi connectivity index (χ2n) is 1.52. The Morgan fingerprint density at radius 2 is 1.38 bits per heavy atom. The molecule has 0 aromatic rings. The van der Waals surface area contributed by atoms with Crippen molar-refractivity contribution in [3.05, 3.63) is 0 Å². The van der Waals surface area contributed by atoms with Gasteiger partial charge in [-0.3, -0.25) is 5.32 Å². The topological polar surface area (TPSA) is 52.5 Å². The van der Waals surface area contributed by atoms with Gasteiger partial charge in [0.2, 0.25) is 0 Å². The number of aliphatic hydroxyl groups excluding tert-OH is 2. The first-order valence-corrected chi connectivity index (χ1v) is 2.25. The molecule has 3 N–H and O–H groups in total. The SMILES string of the molecule is CC(O)NC(C)O.[Fe]. The van der Waals surface area contributed by atoms with Gasteiger partial charge in [0.05, 0.1) is 0 Å². The molecule has 0 aliphatic rings. The summed E-state index contributed by atoms with van der Waals surface area (Å²) < 4.78 is 0. The smallest absolute Gasteiger partial charge is 0.103 e. The third-order valence-electron chi connectivity index (χ3n) is 0.482. The molecule has 0 saturated heterocycles. The summed E-state index contributed by atoms with van der Waals surface area (Å²) in [5.41, 5.74) is 0. The van der Waals surface area contributed by atoms with Crippen LogP contribution in [0.5, 0.6) is 0 Å². The van der Waals surface area contributed by atoms with Crippen LogP contribution in [0.25, 0.3) is 0 Å². The molecule has 2 atom stereocenters. The zero-order chi connectivity index (χ0) is 5.86. The van der Waals surface area contributed by atoms with Crippen LogP contribution in [-0.2, 0) is 17.1 Å². The van der Waals surface area contributed by atoms with Crippen molar-refractivity contribution < 1.29 is 27.3 Å². The van der Waals surface area contributed by atoms with Gasteiger partial charge in [-0.25, -0.2) is 0 Å². The second-order valence-corrected chi connectivity index (χ2v) is 1.52. The average Bonchev–Trinajstić information content (AvgIpc) is 1.27. The minimum absolute atomic E-state index is 0. The predicted octanol–water partition coefficient (Wildman–Crippen LogP) is -0.750. The van der Waals surface area contributed by atoms with E-state index < -0.39 is 12.5 Å². The summed E-state index contributed by atoms with van der Waals surface area (Å²) in [7, 11) is 0. The molecule has 2 unspecified atom stereocenters. The maximum Gasteiger partial charge on any atom is 0.103 e. The number of nitrogens with one attached hydrogen (secondary N) is 1. The first kappa shape index (κ1) is 11.2. The van der Waals surface area contributed by atoms with E-state index in [2.05, 4.69) is 5.32 Å². The fourth-order valence-electron chi connectivity index (χ4n) is 0.349. The van der Waals surface area contributed by atoms with E-state index in [1.54, 1.807) is 13.8 Å². The molecule has 0 fully saturated rings. The Morgan fingerprint density at radius 1 is 1.12 bits per heavy atom. The van der Waals surface area contributed by atoms with Crippen molar-refractivity contribution in [1.82, 2.24) is 5.32 Å². The van der Waals surface area contributed by atoms with Crippen molar-refractivity contribution >= 4 is 0 Å². The van der Waals surface area contributed by atoms with E-state index in [0.29, 0.717) is 0 Å². The Hall–Kier alpha value is 0.399. The normalized spacial score (nSPS) is 16.5. The second kappa shape index (κ2) is 5.53. The van der Waals surface area contributed by atoms with E-state index in [1.165, 1.54) is 0 Å². The molecule has 0 spiro atoms. The van der Waals surface area contributed by atoms with Gasteiger partial charge < -0.3 is 10.2 Å². The quantitative estimate of drug-likeness (QED) is 0.369.